The lowest BCUT2D eigenvalue weighted by Gasteiger charge is -2.18. The first kappa shape index (κ1) is 13.9. The largest absolute Gasteiger partial charge is 0.481 e. The topological polar surface area (TPSA) is 50.3 Å². The normalized spacial score (nSPS) is 12.8. The van der Waals surface area contributed by atoms with Gasteiger partial charge in [-0.1, -0.05) is 6.92 Å². The summed E-state index contributed by atoms with van der Waals surface area (Å²) in [6.07, 6.45) is 3.30. The smallest absolute Gasteiger partial charge is 0.220 e. The number of methoxy groups -OCH3 is 1. The average Bonchev–Trinajstić information content (AvgIpc) is 2.38. The van der Waals surface area contributed by atoms with Crippen LogP contribution in [0.2, 0.25) is 0 Å². The molecule has 0 aromatic carbocycles. The summed E-state index contributed by atoms with van der Waals surface area (Å²) in [6.45, 7) is 7.26. The molecule has 96 valence electrons. The number of hydrogen-bond acceptors (Lipinski definition) is 5. The van der Waals surface area contributed by atoms with Gasteiger partial charge in [0.25, 0.3) is 0 Å². The molecule has 1 aromatic heterocycles. The summed E-state index contributed by atoms with van der Waals surface area (Å²) in [6, 6.07) is 0.191. The maximum atomic E-state index is 5.21. The minimum atomic E-state index is 0.191. The van der Waals surface area contributed by atoms with E-state index in [9.17, 15) is 0 Å². The van der Waals surface area contributed by atoms with Crippen LogP contribution in [0.5, 0.6) is 5.88 Å². The predicted octanol–water partition coefficient (Wildman–Crippen LogP) is 1.09. The molecule has 0 spiro atoms. The highest BCUT2D eigenvalue weighted by atomic mass is 16.5. The number of likely N-dealkylation sites (N-methyl/N-ethyl adjacent to an activating group) is 1. The van der Waals surface area contributed by atoms with Crippen molar-refractivity contribution in [3.05, 3.63) is 18.1 Å². The number of aromatic nitrogens is 2. The molecule has 1 atom stereocenters. The lowest BCUT2D eigenvalue weighted by atomic mass is 10.1. The SMILES string of the molecule is CCN(C)CCNC(C)c1cncnc1OC. The lowest BCUT2D eigenvalue weighted by molar-refractivity contribution is 0.338. The molecular formula is C12H22N4O. The molecule has 1 N–H and O–H groups in total. The maximum Gasteiger partial charge on any atom is 0.220 e. The van der Waals surface area contributed by atoms with Crippen molar-refractivity contribution < 1.29 is 4.74 Å². The Balaban J connectivity index is 2.49. The Morgan fingerprint density at radius 3 is 2.94 bits per heavy atom. The van der Waals surface area contributed by atoms with Crippen LogP contribution in [-0.2, 0) is 0 Å². The first-order valence-electron chi connectivity index (χ1n) is 5.94. The molecule has 0 aliphatic heterocycles. The van der Waals surface area contributed by atoms with Gasteiger partial charge in [-0.05, 0) is 20.5 Å². The molecule has 1 heterocycles. The third-order valence-electron chi connectivity index (χ3n) is 2.85. The standard InChI is InChI=1S/C12H22N4O/c1-5-16(3)7-6-14-10(2)11-8-13-9-15-12(11)17-4/h8-10,14H,5-7H2,1-4H3. The van der Waals surface area contributed by atoms with E-state index in [1.54, 1.807) is 13.3 Å². The van der Waals surface area contributed by atoms with Crippen LogP contribution in [0.15, 0.2) is 12.5 Å². The van der Waals surface area contributed by atoms with Gasteiger partial charge in [-0.3, -0.25) is 0 Å². The van der Waals surface area contributed by atoms with Crippen molar-refractivity contribution in [2.24, 2.45) is 0 Å². The van der Waals surface area contributed by atoms with Crippen LogP contribution in [0.25, 0.3) is 0 Å². The summed E-state index contributed by atoms with van der Waals surface area (Å²) in [5.41, 5.74) is 0.995. The number of rotatable bonds is 7. The van der Waals surface area contributed by atoms with Gasteiger partial charge in [-0.2, -0.15) is 0 Å². The molecule has 0 fully saturated rings. The Morgan fingerprint density at radius 2 is 2.29 bits per heavy atom. The minimum absolute atomic E-state index is 0.191. The number of hydrogen-bond donors (Lipinski definition) is 1. The van der Waals surface area contributed by atoms with Crippen molar-refractivity contribution >= 4 is 0 Å². The Hall–Kier alpha value is -1.20. The zero-order valence-corrected chi connectivity index (χ0v) is 11.1. The zero-order chi connectivity index (χ0) is 12.7. The minimum Gasteiger partial charge on any atom is -0.481 e. The average molecular weight is 238 g/mol. The highest BCUT2D eigenvalue weighted by Crippen LogP contribution is 2.20. The van der Waals surface area contributed by atoms with Crippen LogP contribution in [0.1, 0.15) is 25.5 Å². The maximum absolute atomic E-state index is 5.21. The Bertz CT molecular complexity index is 332. The van der Waals surface area contributed by atoms with Gasteiger partial charge in [0, 0.05) is 30.9 Å². The molecule has 1 aromatic rings. The number of nitrogens with one attached hydrogen (secondary N) is 1. The number of ether oxygens (including phenoxy) is 1. The Morgan fingerprint density at radius 1 is 1.53 bits per heavy atom. The van der Waals surface area contributed by atoms with Gasteiger partial charge in [0.15, 0.2) is 0 Å². The van der Waals surface area contributed by atoms with Gasteiger partial charge in [0.05, 0.1) is 7.11 Å². The van der Waals surface area contributed by atoms with Crippen LogP contribution in [0.4, 0.5) is 0 Å². The van der Waals surface area contributed by atoms with Crippen LogP contribution < -0.4 is 10.1 Å². The van der Waals surface area contributed by atoms with E-state index in [0.29, 0.717) is 5.88 Å². The van der Waals surface area contributed by atoms with Crippen LogP contribution in [-0.4, -0.2) is 48.7 Å². The monoisotopic (exact) mass is 238 g/mol. The van der Waals surface area contributed by atoms with Gasteiger partial charge in [-0.15, -0.1) is 0 Å². The highest BCUT2D eigenvalue weighted by Gasteiger charge is 2.11. The highest BCUT2D eigenvalue weighted by molar-refractivity contribution is 5.25. The van der Waals surface area contributed by atoms with Crippen molar-refractivity contribution in [2.75, 3.05) is 33.8 Å². The molecule has 0 radical (unpaired) electrons. The summed E-state index contributed by atoms with van der Waals surface area (Å²) in [7, 11) is 3.74. The molecule has 5 heteroatoms. The summed E-state index contributed by atoms with van der Waals surface area (Å²) in [4.78, 5) is 10.4. The second-order valence-electron chi connectivity index (χ2n) is 4.06. The van der Waals surface area contributed by atoms with E-state index in [2.05, 4.69) is 41.1 Å². The van der Waals surface area contributed by atoms with Gasteiger partial charge >= 0.3 is 0 Å². The van der Waals surface area contributed by atoms with E-state index in [1.165, 1.54) is 6.33 Å². The van der Waals surface area contributed by atoms with Crippen molar-refractivity contribution in [1.29, 1.82) is 0 Å². The van der Waals surface area contributed by atoms with Gasteiger partial charge in [0.1, 0.15) is 6.33 Å². The third kappa shape index (κ3) is 4.28. The molecule has 17 heavy (non-hydrogen) atoms. The zero-order valence-electron chi connectivity index (χ0n) is 11.1. The molecule has 1 unspecified atom stereocenters. The first-order chi connectivity index (χ1) is 8.19. The molecule has 0 saturated carbocycles. The molecule has 0 aliphatic rings. The summed E-state index contributed by atoms with van der Waals surface area (Å²) < 4.78 is 5.21. The van der Waals surface area contributed by atoms with E-state index in [1.807, 2.05) is 0 Å². The van der Waals surface area contributed by atoms with Crippen LogP contribution in [0, 0.1) is 0 Å². The molecule has 0 amide bonds. The van der Waals surface area contributed by atoms with Crippen molar-refractivity contribution in [2.45, 2.75) is 19.9 Å². The molecule has 5 nitrogen and oxygen atoms in total. The lowest BCUT2D eigenvalue weighted by Crippen LogP contribution is -2.30. The molecular weight excluding hydrogens is 216 g/mol. The van der Waals surface area contributed by atoms with Gasteiger partial charge < -0.3 is 15.0 Å². The molecule has 1 rings (SSSR count). The fourth-order valence-corrected chi connectivity index (χ4v) is 1.54. The number of nitrogens with zero attached hydrogens (tertiary/aromatic N) is 3. The third-order valence-corrected chi connectivity index (χ3v) is 2.85. The van der Waals surface area contributed by atoms with E-state index >= 15 is 0 Å². The summed E-state index contributed by atoms with van der Waals surface area (Å²) in [5.74, 6) is 0.642. The van der Waals surface area contributed by atoms with E-state index in [4.69, 9.17) is 4.74 Å². The quantitative estimate of drug-likeness (QED) is 0.770. The van der Waals surface area contributed by atoms with Crippen molar-refractivity contribution in [3.8, 4) is 5.88 Å². The van der Waals surface area contributed by atoms with Gasteiger partial charge in [0.2, 0.25) is 5.88 Å². The summed E-state index contributed by atoms with van der Waals surface area (Å²) in [5, 5.41) is 3.44. The predicted molar refractivity (Wildman–Crippen MR) is 68.2 cm³/mol. The second-order valence-corrected chi connectivity index (χ2v) is 4.06. The molecule has 0 aliphatic carbocycles. The Kier molecular flexibility index (Phi) is 5.86. The molecule has 0 saturated heterocycles. The Labute approximate surface area is 103 Å². The van der Waals surface area contributed by atoms with E-state index in [0.717, 1.165) is 25.2 Å². The van der Waals surface area contributed by atoms with E-state index < -0.39 is 0 Å². The molecule has 0 bridgehead atoms. The fraction of sp³-hybridized carbons (Fsp3) is 0.667. The van der Waals surface area contributed by atoms with E-state index in [-0.39, 0.29) is 6.04 Å². The summed E-state index contributed by atoms with van der Waals surface area (Å²) >= 11 is 0. The van der Waals surface area contributed by atoms with Crippen LogP contribution in [0.3, 0.4) is 0 Å². The van der Waals surface area contributed by atoms with Crippen molar-refractivity contribution in [3.63, 3.8) is 0 Å². The van der Waals surface area contributed by atoms with Crippen LogP contribution >= 0.6 is 0 Å². The van der Waals surface area contributed by atoms with Gasteiger partial charge in [-0.25, -0.2) is 9.97 Å². The first-order valence-corrected chi connectivity index (χ1v) is 5.94. The van der Waals surface area contributed by atoms with Crippen molar-refractivity contribution in [1.82, 2.24) is 20.2 Å². The fourth-order valence-electron chi connectivity index (χ4n) is 1.54. The second kappa shape index (κ2) is 7.19.